The molecule has 0 aliphatic rings. The number of hydrogen-bond donors (Lipinski definition) is 2. The molecule has 0 saturated heterocycles. The van der Waals surface area contributed by atoms with E-state index >= 15 is 0 Å². The van der Waals surface area contributed by atoms with E-state index in [1.807, 2.05) is 54.6 Å². The van der Waals surface area contributed by atoms with E-state index in [-0.39, 0.29) is 16.3 Å². The van der Waals surface area contributed by atoms with Crippen LogP contribution in [0.3, 0.4) is 0 Å². The maximum absolute atomic E-state index is 12.4. The summed E-state index contributed by atoms with van der Waals surface area (Å²) in [4.78, 5) is 13.4. The molecule has 0 atom stereocenters. The highest BCUT2D eigenvalue weighted by Gasteiger charge is 2.14. The number of amides is 1. The number of nitrogens with one attached hydrogen (secondary N) is 1. The third-order valence-corrected chi connectivity index (χ3v) is 6.33. The summed E-state index contributed by atoms with van der Waals surface area (Å²) in [6.07, 6.45) is 0. The van der Waals surface area contributed by atoms with Gasteiger partial charge in [0, 0.05) is 21.0 Å². The van der Waals surface area contributed by atoms with Crippen molar-refractivity contribution in [1.29, 1.82) is 0 Å². The number of carbonyl (C=O) groups is 1. The highest BCUT2D eigenvalue weighted by molar-refractivity contribution is 7.99. The van der Waals surface area contributed by atoms with Gasteiger partial charge in [0.2, 0.25) is 5.91 Å². The fraction of sp³-hybridized carbons (Fsp3) is 0.0500. The molecule has 0 aromatic heterocycles. The van der Waals surface area contributed by atoms with Gasteiger partial charge in [-0.25, -0.2) is 8.42 Å². The second-order valence-corrected chi connectivity index (χ2v) is 8.90. The second kappa shape index (κ2) is 8.28. The van der Waals surface area contributed by atoms with Crippen molar-refractivity contribution in [1.82, 2.24) is 0 Å². The Balaban J connectivity index is 1.62. The predicted octanol–water partition coefficient (Wildman–Crippen LogP) is 3.78. The van der Waals surface area contributed by atoms with Crippen LogP contribution in [0.2, 0.25) is 0 Å². The first-order valence-electron chi connectivity index (χ1n) is 8.13. The Bertz CT molecular complexity index is 1020. The Morgan fingerprint density at radius 2 is 1.44 bits per heavy atom. The van der Waals surface area contributed by atoms with Gasteiger partial charge in [0.15, 0.2) is 9.84 Å². The monoisotopic (exact) mass is 398 g/mol. The molecular weight excluding hydrogens is 380 g/mol. The molecule has 1 amide bonds. The molecule has 0 bridgehead atoms. The molecule has 0 spiro atoms. The second-order valence-electron chi connectivity index (χ2n) is 5.76. The maximum atomic E-state index is 12.4. The summed E-state index contributed by atoms with van der Waals surface area (Å²) in [7, 11) is -3.53. The van der Waals surface area contributed by atoms with E-state index in [9.17, 15) is 13.2 Å². The molecule has 27 heavy (non-hydrogen) atoms. The number of anilines is 1. The Morgan fingerprint density at radius 1 is 0.852 bits per heavy atom. The summed E-state index contributed by atoms with van der Waals surface area (Å²) in [5.41, 5.74) is 6.15. The number of primary amides is 1. The van der Waals surface area contributed by atoms with Gasteiger partial charge in [-0.1, -0.05) is 30.0 Å². The van der Waals surface area contributed by atoms with Gasteiger partial charge >= 0.3 is 0 Å². The van der Waals surface area contributed by atoms with E-state index in [4.69, 9.17) is 5.73 Å². The van der Waals surface area contributed by atoms with Gasteiger partial charge in [0.1, 0.15) is 5.88 Å². The summed E-state index contributed by atoms with van der Waals surface area (Å²) in [6, 6.07) is 23.2. The molecule has 0 unspecified atom stereocenters. The zero-order chi connectivity index (χ0) is 19.3. The number of sulfone groups is 1. The van der Waals surface area contributed by atoms with Crippen molar-refractivity contribution in [3.63, 3.8) is 0 Å². The Labute approximate surface area is 162 Å². The lowest BCUT2D eigenvalue weighted by atomic mass is 10.2. The SMILES string of the molecule is NC(=O)c1ccc(S(=O)(=O)CNc2ccc(Sc3ccccc3)cc2)cc1. The average Bonchev–Trinajstić information content (AvgIpc) is 2.68. The molecule has 3 rings (SSSR count). The van der Waals surface area contributed by atoms with Crippen LogP contribution < -0.4 is 11.1 Å². The predicted molar refractivity (Wildman–Crippen MR) is 108 cm³/mol. The molecule has 0 heterocycles. The van der Waals surface area contributed by atoms with Gasteiger partial charge in [-0.2, -0.15) is 0 Å². The molecule has 7 heteroatoms. The van der Waals surface area contributed by atoms with Crippen LogP contribution in [0.5, 0.6) is 0 Å². The van der Waals surface area contributed by atoms with Crippen molar-refractivity contribution in [3.8, 4) is 0 Å². The van der Waals surface area contributed by atoms with Crippen LogP contribution in [-0.4, -0.2) is 20.2 Å². The van der Waals surface area contributed by atoms with Crippen molar-refractivity contribution < 1.29 is 13.2 Å². The standard InChI is InChI=1S/C20H18N2O3S2/c21-20(23)15-6-12-19(13-7-15)27(24,25)14-22-16-8-10-18(11-9-16)26-17-4-2-1-3-5-17/h1-13,22H,14H2,(H2,21,23). The quantitative estimate of drug-likeness (QED) is 0.632. The smallest absolute Gasteiger partial charge is 0.248 e. The van der Waals surface area contributed by atoms with Gasteiger partial charge in [0.25, 0.3) is 0 Å². The molecule has 0 fully saturated rings. The zero-order valence-electron chi connectivity index (χ0n) is 14.3. The van der Waals surface area contributed by atoms with Gasteiger partial charge in [-0.05, 0) is 60.7 Å². The topological polar surface area (TPSA) is 89.3 Å². The summed E-state index contributed by atoms with van der Waals surface area (Å²) >= 11 is 1.64. The molecule has 3 aromatic rings. The third kappa shape index (κ3) is 5.12. The number of carbonyl (C=O) groups excluding carboxylic acids is 1. The first-order chi connectivity index (χ1) is 12.9. The minimum atomic E-state index is -3.53. The van der Waals surface area contributed by atoms with Crippen molar-refractivity contribution >= 4 is 33.2 Å². The van der Waals surface area contributed by atoms with E-state index in [2.05, 4.69) is 5.32 Å². The highest BCUT2D eigenvalue weighted by Crippen LogP contribution is 2.28. The van der Waals surface area contributed by atoms with Gasteiger partial charge in [-0.3, -0.25) is 4.79 Å². The van der Waals surface area contributed by atoms with E-state index in [0.717, 1.165) is 9.79 Å². The number of nitrogens with two attached hydrogens (primary N) is 1. The van der Waals surface area contributed by atoms with E-state index in [0.29, 0.717) is 5.69 Å². The Hall–Kier alpha value is -2.77. The minimum absolute atomic E-state index is 0.135. The summed E-state index contributed by atoms with van der Waals surface area (Å²) in [5.74, 6) is -0.834. The van der Waals surface area contributed by atoms with Crippen LogP contribution in [0.15, 0.2) is 93.5 Å². The average molecular weight is 399 g/mol. The van der Waals surface area contributed by atoms with Crippen LogP contribution in [0.25, 0.3) is 0 Å². The van der Waals surface area contributed by atoms with Crippen molar-refractivity contribution in [3.05, 3.63) is 84.4 Å². The number of benzene rings is 3. The molecule has 3 N–H and O–H groups in total. The van der Waals surface area contributed by atoms with E-state index in [1.165, 1.54) is 24.3 Å². The summed E-state index contributed by atoms with van der Waals surface area (Å²) < 4.78 is 24.8. The van der Waals surface area contributed by atoms with Crippen LogP contribution in [0, 0.1) is 0 Å². The number of rotatable bonds is 7. The fourth-order valence-electron chi connectivity index (χ4n) is 2.35. The lowest BCUT2D eigenvalue weighted by Crippen LogP contribution is -2.15. The maximum Gasteiger partial charge on any atom is 0.248 e. The van der Waals surface area contributed by atoms with Crippen LogP contribution in [0.4, 0.5) is 5.69 Å². The van der Waals surface area contributed by atoms with Gasteiger partial charge in [0.05, 0.1) is 4.90 Å². The van der Waals surface area contributed by atoms with E-state index in [1.54, 1.807) is 11.8 Å². The molecular formula is C20H18N2O3S2. The van der Waals surface area contributed by atoms with Crippen molar-refractivity contribution in [2.45, 2.75) is 14.7 Å². The highest BCUT2D eigenvalue weighted by atomic mass is 32.2. The van der Waals surface area contributed by atoms with Crippen LogP contribution in [-0.2, 0) is 9.84 Å². The molecule has 0 radical (unpaired) electrons. The van der Waals surface area contributed by atoms with E-state index < -0.39 is 15.7 Å². The van der Waals surface area contributed by atoms with Gasteiger partial charge in [-0.15, -0.1) is 0 Å². The largest absolute Gasteiger partial charge is 0.371 e. The molecule has 0 aliphatic heterocycles. The lowest BCUT2D eigenvalue weighted by molar-refractivity contribution is 0.1000. The first-order valence-corrected chi connectivity index (χ1v) is 10.6. The summed E-state index contributed by atoms with van der Waals surface area (Å²) in [6.45, 7) is 0. The normalized spacial score (nSPS) is 11.1. The van der Waals surface area contributed by atoms with Crippen LogP contribution in [0.1, 0.15) is 10.4 Å². The van der Waals surface area contributed by atoms with Crippen LogP contribution >= 0.6 is 11.8 Å². The minimum Gasteiger partial charge on any atom is -0.371 e. The molecule has 0 aliphatic carbocycles. The van der Waals surface area contributed by atoms with Crippen molar-refractivity contribution in [2.75, 3.05) is 11.2 Å². The summed E-state index contributed by atoms with van der Waals surface area (Å²) in [5, 5.41) is 2.92. The Morgan fingerprint density at radius 3 is 2.04 bits per heavy atom. The molecule has 3 aromatic carbocycles. The fourth-order valence-corrected chi connectivity index (χ4v) is 4.27. The molecule has 5 nitrogen and oxygen atoms in total. The van der Waals surface area contributed by atoms with Crippen molar-refractivity contribution in [2.24, 2.45) is 5.73 Å². The molecule has 0 saturated carbocycles. The lowest BCUT2D eigenvalue weighted by Gasteiger charge is -2.09. The Kier molecular flexibility index (Phi) is 5.83. The third-order valence-electron chi connectivity index (χ3n) is 3.80. The number of hydrogen-bond acceptors (Lipinski definition) is 5. The molecule has 138 valence electrons. The zero-order valence-corrected chi connectivity index (χ0v) is 16.0. The first kappa shape index (κ1) is 19.0. The van der Waals surface area contributed by atoms with Gasteiger partial charge < -0.3 is 11.1 Å².